The molecule has 0 bridgehead atoms. The van der Waals surface area contributed by atoms with Crippen molar-refractivity contribution in [2.24, 2.45) is 0 Å². The van der Waals surface area contributed by atoms with Crippen molar-refractivity contribution >= 4 is 6.16 Å². The molecule has 1 atom stereocenters. The first-order chi connectivity index (χ1) is 14.1. The van der Waals surface area contributed by atoms with E-state index in [1.54, 1.807) is 20.8 Å². The number of hydrogen-bond acceptors (Lipinski definition) is 5. The minimum absolute atomic E-state index is 0.0386. The molecular weight excluding hydrogens is 408 g/mol. The van der Waals surface area contributed by atoms with Gasteiger partial charge in [0, 0.05) is 18.1 Å². The van der Waals surface area contributed by atoms with Crippen LogP contribution in [0.4, 0.5) is 4.79 Å². The van der Waals surface area contributed by atoms with Crippen LogP contribution in [-0.4, -0.2) is 29.3 Å². The number of benzene rings is 1. The zero-order chi connectivity index (χ0) is 25.3. The van der Waals surface area contributed by atoms with Crippen molar-refractivity contribution in [3.8, 4) is 5.75 Å². The SMILES string of the molecule is CC(C)(C)OOC(C)(COc1c(C(C)(C)C)cc(C(C)(C)C)cc1C(C)(C)C)OC(=O)O. The molecule has 1 N–H and O–H groups in total. The lowest BCUT2D eigenvalue weighted by Crippen LogP contribution is -2.43. The quantitative estimate of drug-likeness (QED) is 0.214. The van der Waals surface area contributed by atoms with Crippen molar-refractivity contribution in [3.63, 3.8) is 0 Å². The number of hydrogen-bond donors (Lipinski definition) is 1. The van der Waals surface area contributed by atoms with Crippen LogP contribution in [-0.2, 0) is 30.8 Å². The molecule has 6 heteroatoms. The molecule has 0 fully saturated rings. The Morgan fingerprint density at radius 1 is 0.750 bits per heavy atom. The lowest BCUT2D eigenvalue weighted by molar-refractivity contribution is -0.448. The fraction of sp³-hybridized carbons (Fsp3) is 0.731. The summed E-state index contributed by atoms with van der Waals surface area (Å²) in [5.74, 6) is -0.927. The summed E-state index contributed by atoms with van der Waals surface area (Å²) in [6.07, 6.45) is -1.47. The Morgan fingerprint density at radius 3 is 1.50 bits per heavy atom. The van der Waals surface area contributed by atoms with Crippen LogP contribution in [0.1, 0.15) is 107 Å². The third-order valence-electron chi connectivity index (χ3n) is 4.82. The van der Waals surface area contributed by atoms with Gasteiger partial charge in [0.2, 0.25) is 0 Å². The van der Waals surface area contributed by atoms with Crippen LogP contribution in [0, 0.1) is 0 Å². The van der Waals surface area contributed by atoms with Crippen molar-refractivity contribution < 1.29 is 29.1 Å². The highest BCUT2D eigenvalue weighted by molar-refractivity contribution is 5.57. The number of carboxylic acid groups (broad SMARTS) is 1. The molecule has 1 aromatic carbocycles. The van der Waals surface area contributed by atoms with Gasteiger partial charge in [-0.15, -0.1) is 0 Å². The van der Waals surface area contributed by atoms with Gasteiger partial charge in [0.1, 0.15) is 5.75 Å². The zero-order valence-electron chi connectivity index (χ0n) is 22.4. The van der Waals surface area contributed by atoms with Crippen molar-refractivity contribution in [1.82, 2.24) is 0 Å². The molecule has 1 rings (SSSR count). The van der Waals surface area contributed by atoms with Gasteiger partial charge in [0.25, 0.3) is 5.79 Å². The molecule has 0 saturated heterocycles. The highest BCUT2D eigenvalue weighted by Crippen LogP contribution is 2.43. The standard InChI is InChI=1S/C26H44O6/c1-22(2,3)17-14-18(23(4,5)6)20(19(15-17)24(7,8)9)29-16-26(13,30-21(27)28)32-31-25(10,11)12/h14-15H,16H2,1-13H3,(H,27,28). The van der Waals surface area contributed by atoms with E-state index in [2.05, 4.69) is 74.4 Å². The molecular formula is C26H44O6. The van der Waals surface area contributed by atoms with Gasteiger partial charge in [-0.2, -0.15) is 4.89 Å². The van der Waals surface area contributed by atoms with Crippen molar-refractivity contribution in [2.45, 2.75) is 118 Å². The summed E-state index contributed by atoms with van der Waals surface area (Å²) in [4.78, 5) is 22.1. The molecule has 0 saturated carbocycles. The van der Waals surface area contributed by atoms with Gasteiger partial charge in [-0.25, -0.2) is 9.68 Å². The molecule has 0 aliphatic rings. The van der Waals surface area contributed by atoms with Crippen LogP contribution < -0.4 is 4.74 Å². The summed E-state index contributed by atoms with van der Waals surface area (Å²) in [5.41, 5.74) is 2.21. The molecule has 1 unspecified atom stereocenters. The topological polar surface area (TPSA) is 74.2 Å². The van der Waals surface area contributed by atoms with E-state index < -0.39 is 17.5 Å². The van der Waals surface area contributed by atoms with E-state index in [1.807, 2.05) is 0 Å². The third-order valence-corrected chi connectivity index (χ3v) is 4.82. The number of carbonyl (C=O) groups is 1. The van der Waals surface area contributed by atoms with Crippen LogP contribution in [0.25, 0.3) is 0 Å². The number of rotatable bonds is 6. The van der Waals surface area contributed by atoms with Crippen molar-refractivity contribution in [3.05, 3.63) is 28.8 Å². The summed E-state index contributed by atoms with van der Waals surface area (Å²) >= 11 is 0. The normalized spacial score (nSPS) is 15.3. The molecule has 0 heterocycles. The second-order valence-corrected chi connectivity index (χ2v) is 12.7. The van der Waals surface area contributed by atoms with Crippen LogP contribution in [0.15, 0.2) is 12.1 Å². The molecule has 184 valence electrons. The molecule has 0 spiro atoms. The summed E-state index contributed by atoms with van der Waals surface area (Å²) < 4.78 is 11.4. The average molecular weight is 453 g/mol. The maximum atomic E-state index is 11.3. The average Bonchev–Trinajstić information content (AvgIpc) is 2.54. The van der Waals surface area contributed by atoms with Gasteiger partial charge < -0.3 is 14.6 Å². The summed E-state index contributed by atoms with van der Waals surface area (Å²) in [7, 11) is 0. The van der Waals surface area contributed by atoms with Crippen LogP contribution in [0.3, 0.4) is 0 Å². The minimum atomic E-state index is -1.65. The summed E-state index contributed by atoms with van der Waals surface area (Å²) in [6, 6.07) is 4.37. The first kappa shape index (κ1) is 28.2. The maximum absolute atomic E-state index is 11.3. The van der Waals surface area contributed by atoms with E-state index in [9.17, 15) is 9.90 Å². The summed E-state index contributed by atoms with van der Waals surface area (Å²) in [5, 5.41) is 9.26. The van der Waals surface area contributed by atoms with Gasteiger partial charge in [0.15, 0.2) is 6.61 Å². The number of ether oxygens (including phenoxy) is 2. The molecule has 0 radical (unpaired) electrons. The van der Waals surface area contributed by atoms with Crippen molar-refractivity contribution in [2.75, 3.05) is 6.61 Å². The fourth-order valence-electron chi connectivity index (χ4n) is 3.00. The van der Waals surface area contributed by atoms with Crippen LogP contribution in [0.2, 0.25) is 0 Å². The minimum Gasteiger partial charge on any atom is -0.486 e. The largest absolute Gasteiger partial charge is 0.508 e. The van der Waals surface area contributed by atoms with E-state index in [1.165, 1.54) is 12.5 Å². The Balaban J connectivity index is 3.56. The second kappa shape index (κ2) is 9.22. The predicted molar refractivity (Wildman–Crippen MR) is 127 cm³/mol. The van der Waals surface area contributed by atoms with E-state index in [-0.39, 0.29) is 22.9 Å². The molecule has 6 nitrogen and oxygen atoms in total. The molecule has 0 amide bonds. The fourth-order valence-corrected chi connectivity index (χ4v) is 3.00. The lowest BCUT2D eigenvalue weighted by atomic mass is 9.74. The Labute approximate surface area is 194 Å². The molecule has 0 aliphatic carbocycles. The summed E-state index contributed by atoms with van der Waals surface area (Å²) in [6.45, 7) is 26.1. The van der Waals surface area contributed by atoms with Gasteiger partial charge in [0.05, 0.1) is 5.60 Å². The van der Waals surface area contributed by atoms with Gasteiger partial charge in [-0.1, -0.05) is 74.4 Å². The van der Waals surface area contributed by atoms with Crippen molar-refractivity contribution in [1.29, 1.82) is 0 Å². The Bertz CT molecular complexity index is 765. The second-order valence-electron chi connectivity index (χ2n) is 12.7. The molecule has 1 aromatic rings. The Kier molecular flexibility index (Phi) is 8.14. The molecule has 32 heavy (non-hydrogen) atoms. The Hall–Kier alpha value is -1.79. The molecule has 0 aliphatic heterocycles. The smallest absolute Gasteiger partial charge is 0.486 e. The van der Waals surface area contributed by atoms with Crippen LogP contribution in [0.5, 0.6) is 5.75 Å². The van der Waals surface area contributed by atoms with Gasteiger partial charge >= 0.3 is 6.16 Å². The first-order valence-electron chi connectivity index (χ1n) is 11.2. The monoisotopic (exact) mass is 452 g/mol. The van der Waals surface area contributed by atoms with E-state index in [0.717, 1.165) is 16.9 Å². The Morgan fingerprint density at radius 2 is 1.19 bits per heavy atom. The highest BCUT2D eigenvalue weighted by Gasteiger charge is 2.37. The first-order valence-corrected chi connectivity index (χ1v) is 11.2. The molecule has 0 aromatic heterocycles. The van der Waals surface area contributed by atoms with E-state index >= 15 is 0 Å². The van der Waals surface area contributed by atoms with E-state index in [0.29, 0.717) is 0 Å². The zero-order valence-corrected chi connectivity index (χ0v) is 22.4. The highest BCUT2D eigenvalue weighted by atomic mass is 17.2. The lowest BCUT2D eigenvalue weighted by Gasteiger charge is -2.35. The third kappa shape index (κ3) is 8.28. The van der Waals surface area contributed by atoms with Gasteiger partial charge in [-0.05, 0) is 42.6 Å². The van der Waals surface area contributed by atoms with Crippen LogP contribution >= 0.6 is 0 Å². The maximum Gasteiger partial charge on any atom is 0.508 e. The predicted octanol–water partition coefficient (Wildman–Crippen LogP) is 7.12. The van der Waals surface area contributed by atoms with E-state index in [4.69, 9.17) is 19.2 Å². The van der Waals surface area contributed by atoms with Gasteiger partial charge in [-0.3, -0.25) is 0 Å².